The zero-order valence-corrected chi connectivity index (χ0v) is 8.68. The Bertz CT molecular complexity index is 346. The Morgan fingerprint density at radius 1 is 1.20 bits per heavy atom. The van der Waals surface area contributed by atoms with E-state index >= 15 is 0 Å². The van der Waals surface area contributed by atoms with Gasteiger partial charge in [-0.05, 0) is 11.7 Å². The van der Waals surface area contributed by atoms with Crippen LogP contribution in [0, 0.1) is 5.41 Å². The molecule has 4 heterocycles. The molecular formula is C10H13BNO3-. The summed E-state index contributed by atoms with van der Waals surface area (Å²) in [6.07, 6.45) is 1.73. The topological polar surface area (TPSA) is 40.6 Å². The molecule has 0 aliphatic carbocycles. The minimum atomic E-state index is -1.76. The van der Waals surface area contributed by atoms with Crippen molar-refractivity contribution in [3.63, 3.8) is 0 Å². The standard InChI is InChI=1S/C10H13BNO3/c1-10-6-13-11(14-7-10,15-8-10)9-4-2-3-5-12-9/h2-5H,6-8H2,1H3/q-1. The first-order valence-corrected chi connectivity index (χ1v) is 5.19. The van der Waals surface area contributed by atoms with E-state index in [1.54, 1.807) is 6.20 Å². The van der Waals surface area contributed by atoms with Crippen molar-refractivity contribution >= 4 is 12.3 Å². The third kappa shape index (κ3) is 1.39. The number of hydrogen-bond donors (Lipinski definition) is 0. The Kier molecular flexibility index (Phi) is 1.89. The van der Waals surface area contributed by atoms with Crippen molar-refractivity contribution in [3.8, 4) is 0 Å². The van der Waals surface area contributed by atoms with E-state index in [1.807, 2.05) is 18.2 Å². The predicted molar refractivity (Wildman–Crippen MR) is 55.6 cm³/mol. The number of aromatic nitrogens is 1. The number of pyridine rings is 1. The average molecular weight is 206 g/mol. The van der Waals surface area contributed by atoms with Gasteiger partial charge in [0.15, 0.2) is 0 Å². The van der Waals surface area contributed by atoms with Crippen molar-refractivity contribution in [1.29, 1.82) is 0 Å². The highest BCUT2D eigenvalue weighted by atomic mass is 16.8. The molecule has 0 atom stereocenters. The van der Waals surface area contributed by atoms with Crippen LogP contribution in [-0.2, 0) is 14.0 Å². The molecule has 4 nitrogen and oxygen atoms in total. The monoisotopic (exact) mass is 206 g/mol. The fraction of sp³-hybridized carbons (Fsp3) is 0.500. The lowest BCUT2D eigenvalue weighted by atomic mass is 9.67. The molecule has 1 aromatic heterocycles. The van der Waals surface area contributed by atoms with Crippen LogP contribution in [0.1, 0.15) is 6.92 Å². The predicted octanol–water partition coefficient (Wildman–Crippen LogP) is 0.311. The van der Waals surface area contributed by atoms with Crippen LogP contribution in [0.2, 0.25) is 0 Å². The summed E-state index contributed by atoms with van der Waals surface area (Å²) in [5, 5.41) is 0. The number of hydrogen-bond acceptors (Lipinski definition) is 4. The minimum Gasteiger partial charge on any atom is -0.539 e. The summed E-state index contributed by atoms with van der Waals surface area (Å²) in [4.78, 5) is 4.25. The molecular weight excluding hydrogens is 193 g/mol. The van der Waals surface area contributed by atoms with Crippen LogP contribution in [0.4, 0.5) is 0 Å². The maximum absolute atomic E-state index is 5.71. The molecule has 1 aromatic rings. The van der Waals surface area contributed by atoms with Crippen LogP contribution < -0.4 is 5.59 Å². The minimum absolute atomic E-state index is 0.0122. The molecule has 5 heteroatoms. The van der Waals surface area contributed by atoms with Crippen molar-refractivity contribution in [2.24, 2.45) is 5.41 Å². The normalized spacial score (nSPS) is 39.3. The highest BCUT2D eigenvalue weighted by Crippen LogP contribution is 2.34. The van der Waals surface area contributed by atoms with Gasteiger partial charge in [0.1, 0.15) is 0 Å². The number of fused-ring (bicyclic) bond motifs is 3. The van der Waals surface area contributed by atoms with Crippen molar-refractivity contribution in [2.45, 2.75) is 6.92 Å². The lowest BCUT2D eigenvalue weighted by Gasteiger charge is -2.57. The van der Waals surface area contributed by atoms with E-state index in [-0.39, 0.29) is 5.41 Å². The summed E-state index contributed by atoms with van der Waals surface area (Å²) in [6.45, 7) is 2.39. The molecule has 0 amide bonds. The molecule has 3 saturated heterocycles. The molecule has 4 rings (SSSR count). The maximum Gasteiger partial charge on any atom is 0.427 e. The van der Waals surface area contributed by atoms with Crippen molar-refractivity contribution in [3.05, 3.63) is 24.4 Å². The van der Waals surface area contributed by atoms with Crippen LogP contribution in [0.5, 0.6) is 0 Å². The molecule has 3 aliphatic heterocycles. The van der Waals surface area contributed by atoms with Gasteiger partial charge in [-0.15, -0.1) is 0 Å². The summed E-state index contributed by atoms with van der Waals surface area (Å²) in [5.41, 5.74) is 0.761. The Morgan fingerprint density at radius 2 is 1.87 bits per heavy atom. The second-order valence-corrected chi connectivity index (χ2v) is 4.64. The SMILES string of the molecule is CC12CO[B-](c3ccccn3)(OC1)OC2. The molecule has 0 saturated carbocycles. The summed E-state index contributed by atoms with van der Waals surface area (Å²) in [5.74, 6) is 0. The van der Waals surface area contributed by atoms with Crippen molar-refractivity contribution in [2.75, 3.05) is 19.8 Å². The van der Waals surface area contributed by atoms with Gasteiger partial charge in [-0.25, -0.2) is 0 Å². The molecule has 15 heavy (non-hydrogen) atoms. The average Bonchev–Trinajstić information content (AvgIpc) is 2.32. The largest absolute Gasteiger partial charge is 0.539 e. The van der Waals surface area contributed by atoms with E-state index in [0.29, 0.717) is 19.8 Å². The van der Waals surface area contributed by atoms with E-state index in [9.17, 15) is 0 Å². The van der Waals surface area contributed by atoms with Crippen LogP contribution >= 0.6 is 0 Å². The lowest BCUT2D eigenvalue weighted by molar-refractivity contribution is -0.119. The van der Waals surface area contributed by atoms with Crippen molar-refractivity contribution < 1.29 is 14.0 Å². The molecule has 3 fully saturated rings. The van der Waals surface area contributed by atoms with E-state index in [4.69, 9.17) is 14.0 Å². The second-order valence-electron chi connectivity index (χ2n) is 4.64. The van der Waals surface area contributed by atoms with Gasteiger partial charge in [0, 0.05) is 31.4 Å². The zero-order chi connectivity index (χ0) is 10.4. The Hall–Kier alpha value is -0.905. The number of rotatable bonds is 1. The molecule has 2 bridgehead atoms. The van der Waals surface area contributed by atoms with Gasteiger partial charge < -0.3 is 14.0 Å². The first-order chi connectivity index (χ1) is 7.23. The Labute approximate surface area is 88.6 Å². The fourth-order valence-corrected chi connectivity index (χ4v) is 2.04. The summed E-state index contributed by atoms with van der Waals surface area (Å²) < 4.78 is 17.1. The van der Waals surface area contributed by atoms with Crippen LogP contribution in [0.3, 0.4) is 0 Å². The summed E-state index contributed by atoms with van der Waals surface area (Å²) in [7, 11) is 0. The molecule has 0 aromatic carbocycles. The highest BCUT2D eigenvalue weighted by molar-refractivity contribution is 6.74. The van der Waals surface area contributed by atoms with Gasteiger partial charge in [-0.1, -0.05) is 19.1 Å². The van der Waals surface area contributed by atoms with E-state index in [0.717, 1.165) is 5.59 Å². The van der Waals surface area contributed by atoms with Gasteiger partial charge >= 0.3 is 6.75 Å². The van der Waals surface area contributed by atoms with E-state index in [1.165, 1.54) is 0 Å². The van der Waals surface area contributed by atoms with Crippen LogP contribution in [-0.4, -0.2) is 31.6 Å². The molecule has 0 N–H and O–H groups in total. The van der Waals surface area contributed by atoms with E-state index in [2.05, 4.69) is 11.9 Å². The van der Waals surface area contributed by atoms with Gasteiger partial charge in [0.05, 0.1) is 0 Å². The second kappa shape index (κ2) is 3.04. The molecule has 0 unspecified atom stereocenters. The third-order valence-electron chi connectivity index (χ3n) is 3.00. The number of nitrogens with zero attached hydrogens (tertiary/aromatic N) is 1. The molecule has 80 valence electrons. The quantitative estimate of drug-likeness (QED) is 0.620. The van der Waals surface area contributed by atoms with Gasteiger partial charge in [0.25, 0.3) is 0 Å². The summed E-state index contributed by atoms with van der Waals surface area (Å²) >= 11 is 0. The van der Waals surface area contributed by atoms with Gasteiger partial charge in [-0.3, -0.25) is 4.98 Å². The highest BCUT2D eigenvalue weighted by Gasteiger charge is 2.47. The smallest absolute Gasteiger partial charge is 0.427 e. The Morgan fingerprint density at radius 3 is 2.40 bits per heavy atom. The van der Waals surface area contributed by atoms with Crippen LogP contribution in [0.15, 0.2) is 24.4 Å². The maximum atomic E-state index is 5.71. The first-order valence-electron chi connectivity index (χ1n) is 5.19. The third-order valence-corrected chi connectivity index (χ3v) is 3.00. The molecule has 0 spiro atoms. The Balaban J connectivity index is 1.94. The molecule has 3 aliphatic rings. The van der Waals surface area contributed by atoms with Gasteiger partial charge in [-0.2, -0.15) is 0 Å². The van der Waals surface area contributed by atoms with E-state index < -0.39 is 6.75 Å². The summed E-state index contributed by atoms with van der Waals surface area (Å²) in [6, 6.07) is 5.66. The first kappa shape index (κ1) is 9.33. The zero-order valence-electron chi connectivity index (χ0n) is 8.68. The van der Waals surface area contributed by atoms with Crippen molar-refractivity contribution in [1.82, 2.24) is 4.98 Å². The lowest BCUT2D eigenvalue weighted by Crippen LogP contribution is -2.69. The van der Waals surface area contributed by atoms with Gasteiger partial charge in [0.2, 0.25) is 0 Å². The van der Waals surface area contributed by atoms with Crippen LogP contribution in [0.25, 0.3) is 0 Å². The fourth-order valence-electron chi connectivity index (χ4n) is 2.04. The molecule has 0 radical (unpaired) electrons.